The van der Waals surface area contributed by atoms with E-state index in [0.717, 1.165) is 16.9 Å². The second-order valence-electron chi connectivity index (χ2n) is 3.89. The third kappa shape index (κ3) is 3.75. The number of methoxy groups -OCH3 is 1. The van der Waals surface area contributed by atoms with Crippen LogP contribution in [0.2, 0.25) is 5.02 Å². The number of nitrogens with zero attached hydrogens (tertiary/aromatic N) is 1. The monoisotopic (exact) mass is 297 g/mol. The van der Waals surface area contributed by atoms with Crippen LogP contribution in [-0.4, -0.2) is 12.1 Å². The number of aromatic nitrogens is 1. The van der Waals surface area contributed by atoms with E-state index in [1.165, 1.54) is 0 Å². The standard InChI is InChI=1S/C14H13Cl2NO2/c1-18-12-4-2-3-10(5-12)9-19-14-6-11(7-15)13(16)8-17-14/h2-6,8H,7,9H2,1H3. The number of ether oxygens (including phenoxy) is 2. The smallest absolute Gasteiger partial charge is 0.213 e. The Balaban J connectivity index is 2.05. The van der Waals surface area contributed by atoms with Crippen LogP contribution in [0.4, 0.5) is 0 Å². The van der Waals surface area contributed by atoms with E-state index in [0.29, 0.717) is 23.4 Å². The molecule has 0 fully saturated rings. The number of rotatable bonds is 5. The Kier molecular flexibility index (Phi) is 4.88. The summed E-state index contributed by atoms with van der Waals surface area (Å²) in [6.45, 7) is 0.410. The van der Waals surface area contributed by atoms with Crippen molar-refractivity contribution in [3.05, 3.63) is 52.7 Å². The molecule has 1 heterocycles. The highest BCUT2D eigenvalue weighted by Crippen LogP contribution is 2.22. The molecule has 0 aliphatic rings. The summed E-state index contributed by atoms with van der Waals surface area (Å²) in [7, 11) is 1.63. The van der Waals surface area contributed by atoms with Gasteiger partial charge in [0.2, 0.25) is 5.88 Å². The summed E-state index contributed by atoms with van der Waals surface area (Å²) in [5.41, 5.74) is 1.81. The maximum atomic E-state index is 5.93. The summed E-state index contributed by atoms with van der Waals surface area (Å²) < 4.78 is 10.8. The van der Waals surface area contributed by atoms with Crippen molar-refractivity contribution in [1.82, 2.24) is 4.98 Å². The Morgan fingerprint density at radius 3 is 2.84 bits per heavy atom. The highest BCUT2D eigenvalue weighted by molar-refractivity contribution is 6.32. The highest BCUT2D eigenvalue weighted by atomic mass is 35.5. The van der Waals surface area contributed by atoms with Gasteiger partial charge in [0.05, 0.1) is 12.1 Å². The van der Waals surface area contributed by atoms with Crippen LogP contribution in [0.1, 0.15) is 11.1 Å². The molecule has 0 bridgehead atoms. The Bertz CT molecular complexity index is 561. The zero-order valence-electron chi connectivity index (χ0n) is 10.4. The van der Waals surface area contributed by atoms with Crippen LogP contribution in [-0.2, 0) is 12.5 Å². The largest absolute Gasteiger partial charge is 0.497 e. The van der Waals surface area contributed by atoms with Crippen molar-refractivity contribution in [2.24, 2.45) is 0 Å². The maximum Gasteiger partial charge on any atom is 0.213 e. The van der Waals surface area contributed by atoms with Gasteiger partial charge in [-0.05, 0) is 23.3 Å². The van der Waals surface area contributed by atoms with Crippen LogP contribution in [0.25, 0.3) is 0 Å². The van der Waals surface area contributed by atoms with E-state index < -0.39 is 0 Å². The van der Waals surface area contributed by atoms with Crippen molar-refractivity contribution in [1.29, 1.82) is 0 Å². The van der Waals surface area contributed by atoms with E-state index in [2.05, 4.69) is 4.98 Å². The van der Waals surface area contributed by atoms with Gasteiger partial charge in [-0.1, -0.05) is 23.7 Å². The second-order valence-corrected chi connectivity index (χ2v) is 4.56. The first-order chi connectivity index (χ1) is 9.22. The van der Waals surface area contributed by atoms with Gasteiger partial charge in [-0.25, -0.2) is 4.98 Å². The van der Waals surface area contributed by atoms with Crippen molar-refractivity contribution < 1.29 is 9.47 Å². The summed E-state index contributed by atoms with van der Waals surface area (Å²) >= 11 is 11.7. The number of hydrogen-bond donors (Lipinski definition) is 0. The highest BCUT2D eigenvalue weighted by Gasteiger charge is 2.04. The molecule has 0 atom stereocenters. The zero-order chi connectivity index (χ0) is 13.7. The molecule has 0 aliphatic heterocycles. The number of benzene rings is 1. The second kappa shape index (κ2) is 6.64. The van der Waals surface area contributed by atoms with Crippen LogP contribution in [0.3, 0.4) is 0 Å². The van der Waals surface area contributed by atoms with Crippen LogP contribution >= 0.6 is 23.2 Å². The summed E-state index contributed by atoms with van der Waals surface area (Å²) in [6, 6.07) is 9.42. The van der Waals surface area contributed by atoms with E-state index in [4.69, 9.17) is 32.7 Å². The molecule has 2 rings (SSSR count). The Morgan fingerprint density at radius 1 is 1.26 bits per heavy atom. The first kappa shape index (κ1) is 14.0. The van der Waals surface area contributed by atoms with Crippen molar-refractivity contribution in [3.63, 3.8) is 0 Å². The molecule has 0 N–H and O–H groups in total. The topological polar surface area (TPSA) is 31.4 Å². The summed E-state index contributed by atoms with van der Waals surface area (Å²) in [5.74, 6) is 1.63. The average Bonchev–Trinajstić information content (AvgIpc) is 2.46. The van der Waals surface area contributed by atoms with Crippen LogP contribution in [0, 0.1) is 0 Å². The van der Waals surface area contributed by atoms with Gasteiger partial charge >= 0.3 is 0 Å². The molecule has 19 heavy (non-hydrogen) atoms. The third-order valence-electron chi connectivity index (χ3n) is 2.57. The van der Waals surface area contributed by atoms with Crippen LogP contribution in [0.15, 0.2) is 36.5 Å². The molecule has 0 saturated heterocycles. The van der Waals surface area contributed by atoms with Gasteiger partial charge in [-0.3, -0.25) is 0 Å². The predicted molar refractivity (Wildman–Crippen MR) is 76.1 cm³/mol. The van der Waals surface area contributed by atoms with E-state index in [1.807, 2.05) is 24.3 Å². The Morgan fingerprint density at radius 2 is 2.11 bits per heavy atom. The normalized spacial score (nSPS) is 10.3. The molecular weight excluding hydrogens is 285 g/mol. The first-order valence-electron chi connectivity index (χ1n) is 5.69. The molecule has 1 aromatic carbocycles. The number of alkyl halides is 1. The number of halogens is 2. The van der Waals surface area contributed by atoms with Gasteiger partial charge in [0, 0.05) is 18.1 Å². The minimum atomic E-state index is 0.330. The molecule has 5 heteroatoms. The fraction of sp³-hybridized carbons (Fsp3) is 0.214. The average molecular weight is 298 g/mol. The predicted octanol–water partition coefficient (Wildman–Crippen LogP) is 4.06. The molecule has 0 saturated carbocycles. The van der Waals surface area contributed by atoms with Gasteiger partial charge in [0.25, 0.3) is 0 Å². The molecule has 0 radical (unpaired) electrons. The fourth-order valence-corrected chi connectivity index (χ4v) is 2.02. The fourth-order valence-electron chi connectivity index (χ4n) is 1.56. The molecule has 0 amide bonds. The van der Waals surface area contributed by atoms with Gasteiger partial charge < -0.3 is 9.47 Å². The summed E-state index contributed by atoms with van der Waals surface area (Å²) in [5, 5.41) is 0.545. The minimum absolute atomic E-state index is 0.330. The van der Waals surface area contributed by atoms with E-state index >= 15 is 0 Å². The van der Waals surface area contributed by atoms with Crippen molar-refractivity contribution in [3.8, 4) is 11.6 Å². The molecule has 0 aliphatic carbocycles. The molecule has 100 valence electrons. The molecule has 0 spiro atoms. The molecule has 3 nitrogen and oxygen atoms in total. The van der Waals surface area contributed by atoms with Gasteiger partial charge in [0.15, 0.2) is 0 Å². The third-order valence-corrected chi connectivity index (χ3v) is 3.20. The van der Waals surface area contributed by atoms with Gasteiger partial charge in [-0.15, -0.1) is 11.6 Å². The van der Waals surface area contributed by atoms with Gasteiger partial charge in [0.1, 0.15) is 12.4 Å². The van der Waals surface area contributed by atoms with Gasteiger partial charge in [-0.2, -0.15) is 0 Å². The zero-order valence-corrected chi connectivity index (χ0v) is 11.9. The Labute approximate surface area is 122 Å². The van der Waals surface area contributed by atoms with Crippen molar-refractivity contribution >= 4 is 23.2 Å². The van der Waals surface area contributed by atoms with E-state index in [1.54, 1.807) is 19.4 Å². The van der Waals surface area contributed by atoms with Crippen molar-refractivity contribution in [2.75, 3.05) is 7.11 Å². The Hall–Kier alpha value is -1.45. The first-order valence-corrected chi connectivity index (χ1v) is 6.60. The van der Waals surface area contributed by atoms with E-state index in [-0.39, 0.29) is 0 Å². The van der Waals surface area contributed by atoms with Crippen molar-refractivity contribution in [2.45, 2.75) is 12.5 Å². The number of pyridine rings is 1. The lowest BCUT2D eigenvalue weighted by molar-refractivity contribution is 0.293. The minimum Gasteiger partial charge on any atom is -0.497 e. The quantitative estimate of drug-likeness (QED) is 0.780. The van der Waals surface area contributed by atoms with Crippen LogP contribution < -0.4 is 9.47 Å². The molecule has 2 aromatic rings. The summed E-state index contributed by atoms with van der Waals surface area (Å²) in [4.78, 5) is 4.10. The number of hydrogen-bond acceptors (Lipinski definition) is 3. The lowest BCUT2D eigenvalue weighted by Crippen LogP contribution is -1.98. The molecular formula is C14H13Cl2NO2. The molecule has 1 aromatic heterocycles. The SMILES string of the molecule is COc1cccc(COc2cc(CCl)c(Cl)cn2)c1. The van der Waals surface area contributed by atoms with Crippen LogP contribution in [0.5, 0.6) is 11.6 Å². The van der Waals surface area contributed by atoms with E-state index in [9.17, 15) is 0 Å². The molecule has 0 unspecified atom stereocenters. The lowest BCUT2D eigenvalue weighted by Gasteiger charge is -2.08. The summed E-state index contributed by atoms with van der Waals surface area (Å²) in [6.07, 6.45) is 1.54. The maximum absolute atomic E-state index is 5.93. The lowest BCUT2D eigenvalue weighted by atomic mass is 10.2.